The minimum Gasteiger partial charge on any atom is -0.300 e. The number of nitrogens with zero attached hydrogens (tertiary/aromatic N) is 3. The van der Waals surface area contributed by atoms with E-state index in [9.17, 15) is 4.79 Å². The number of rotatable bonds is 2. The fourth-order valence-corrected chi connectivity index (χ4v) is 1.47. The SMILES string of the molecule is CC(=O)Cc1nc2ccncn2c1C. The lowest BCUT2D eigenvalue weighted by Gasteiger charge is -1.94. The Morgan fingerprint density at radius 2 is 2.36 bits per heavy atom. The molecule has 0 saturated carbocycles. The molecule has 0 saturated heterocycles. The van der Waals surface area contributed by atoms with Gasteiger partial charge in [0, 0.05) is 11.9 Å². The van der Waals surface area contributed by atoms with Crippen LogP contribution in [0.2, 0.25) is 0 Å². The maximum Gasteiger partial charge on any atom is 0.139 e. The molecule has 14 heavy (non-hydrogen) atoms. The highest BCUT2D eigenvalue weighted by Crippen LogP contribution is 2.10. The topological polar surface area (TPSA) is 47.3 Å². The summed E-state index contributed by atoms with van der Waals surface area (Å²) in [5, 5.41) is 0. The third-order valence-corrected chi connectivity index (χ3v) is 2.18. The van der Waals surface area contributed by atoms with E-state index in [1.807, 2.05) is 17.4 Å². The first-order valence-electron chi connectivity index (χ1n) is 4.45. The van der Waals surface area contributed by atoms with E-state index < -0.39 is 0 Å². The lowest BCUT2D eigenvalue weighted by Crippen LogP contribution is -1.98. The van der Waals surface area contributed by atoms with Crippen molar-refractivity contribution >= 4 is 11.4 Å². The quantitative estimate of drug-likeness (QED) is 0.712. The van der Waals surface area contributed by atoms with E-state index in [4.69, 9.17) is 0 Å². The molecule has 4 nitrogen and oxygen atoms in total. The molecule has 2 aromatic rings. The number of hydrogen-bond donors (Lipinski definition) is 0. The van der Waals surface area contributed by atoms with Gasteiger partial charge in [0.2, 0.25) is 0 Å². The van der Waals surface area contributed by atoms with Gasteiger partial charge in [-0.2, -0.15) is 0 Å². The molecule has 2 aromatic heterocycles. The van der Waals surface area contributed by atoms with Gasteiger partial charge in [0.05, 0.1) is 12.1 Å². The van der Waals surface area contributed by atoms with Crippen molar-refractivity contribution in [1.29, 1.82) is 0 Å². The Morgan fingerprint density at radius 1 is 1.57 bits per heavy atom. The molecule has 4 heteroatoms. The van der Waals surface area contributed by atoms with Crippen molar-refractivity contribution in [2.75, 3.05) is 0 Å². The molecule has 0 spiro atoms. The summed E-state index contributed by atoms with van der Waals surface area (Å²) in [5.74, 6) is 0.129. The van der Waals surface area contributed by atoms with Gasteiger partial charge in [0.1, 0.15) is 17.8 Å². The van der Waals surface area contributed by atoms with Crippen molar-refractivity contribution in [2.24, 2.45) is 0 Å². The summed E-state index contributed by atoms with van der Waals surface area (Å²) in [4.78, 5) is 19.3. The van der Waals surface area contributed by atoms with E-state index in [2.05, 4.69) is 9.97 Å². The maximum atomic E-state index is 11.0. The molecule has 0 amide bonds. The molecule has 0 aliphatic carbocycles. The van der Waals surface area contributed by atoms with Crippen LogP contribution in [-0.4, -0.2) is 20.2 Å². The van der Waals surface area contributed by atoms with Gasteiger partial charge in [-0.1, -0.05) is 0 Å². The average molecular weight is 189 g/mol. The summed E-state index contributed by atoms with van der Waals surface area (Å²) in [6.07, 6.45) is 3.80. The zero-order valence-corrected chi connectivity index (χ0v) is 8.19. The van der Waals surface area contributed by atoms with Crippen LogP contribution >= 0.6 is 0 Å². The van der Waals surface area contributed by atoms with Crippen LogP contribution in [0.25, 0.3) is 5.65 Å². The summed E-state index contributed by atoms with van der Waals surface area (Å²) in [7, 11) is 0. The number of aromatic nitrogens is 3. The first-order valence-corrected chi connectivity index (χ1v) is 4.45. The molecule has 0 aliphatic heterocycles. The number of ketones is 1. The van der Waals surface area contributed by atoms with Crippen LogP contribution in [-0.2, 0) is 11.2 Å². The van der Waals surface area contributed by atoms with Gasteiger partial charge in [-0.3, -0.25) is 9.20 Å². The minimum absolute atomic E-state index is 0.129. The Labute approximate surface area is 81.6 Å². The zero-order valence-electron chi connectivity index (χ0n) is 8.19. The van der Waals surface area contributed by atoms with Crippen LogP contribution in [0.15, 0.2) is 18.6 Å². The fraction of sp³-hybridized carbons (Fsp3) is 0.300. The normalized spacial score (nSPS) is 10.7. The Morgan fingerprint density at radius 3 is 3.00 bits per heavy atom. The molecule has 0 atom stereocenters. The summed E-state index contributed by atoms with van der Waals surface area (Å²) in [6.45, 7) is 3.52. The second-order valence-corrected chi connectivity index (χ2v) is 3.33. The molecule has 0 aliphatic rings. The van der Waals surface area contributed by atoms with Gasteiger partial charge in [-0.25, -0.2) is 9.97 Å². The number of carbonyl (C=O) groups is 1. The highest BCUT2D eigenvalue weighted by atomic mass is 16.1. The molecule has 0 N–H and O–H groups in total. The number of carbonyl (C=O) groups excluding carboxylic acids is 1. The number of Topliss-reactive ketones (excluding diaryl/α,β-unsaturated/α-hetero) is 1. The lowest BCUT2D eigenvalue weighted by molar-refractivity contribution is -0.116. The average Bonchev–Trinajstić information content (AvgIpc) is 2.44. The number of fused-ring (bicyclic) bond motifs is 1. The van der Waals surface area contributed by atoms with Gasteiger partial charge < -0.3 is 0 Å². The summed E-state index contributed by atoms with van der Waals surface area (Å²) < 4.78 is 1.89. The second-order valence-electron chi connectivity index (χ2n) is 3.33. The highest BCUT2D eigenvalue weighted by Gasteiger charge is 2.08. The standard InChI is InChI=1S/C10H11N3O/c1-7(14)5-9-8(2)13-6-11-4-3-10(13)12-9/h3-4,6H,5H2,1-2H3. The Balaban J connectivity index is 2.57. The number of aryl methyl sites for hydroxylation is 1. The third kappa shape index (κ3) is 1.39. The Bertz CT molecular complexity index is 487. The molecule has 2 heterocycles. The lowest BCUT2D eigenvalue weighted by atomic mass is 10.2. The van der Waals surface area contributed by atoms with Gasteiger partial charge in [0.25, 0.3) is 0 Å². The smallest absolute Gasteiger partial charge is 0.139 e. The maximum absolute atomic E-state index is 11.0. The first-order chi connectivity index (χ1) is 6.68. The molecule has 0 bridgehead atoms. The van der Waals surface area contributed by atoms with E-state index in [1.165, 1.54) is 0 Å². The van der Waals surface area contributed by atoms with Crippen molar-refractivity contribution in [3.05, 3.63) is 30.0 Å². The molecule has 72 valence electrons. The third-order valence-electron chi connectivity index (χ3n) is 2.18. The largest absolute Gasteiger partial charge is 0.300 e. The Kier molecular flexibility index (Phi) is 2.04. The van der Waals surface area contributed by atoms with Gasteiger partial charge in [-0.15, -0.1) is 0 Å². The zero-order chi connectivity index (χ0) is 10.1. The number of hydrogen-bond acceptors (Lipinski definition) is 3. The van der Waals surface area contributed by atoms with Gasteiger partial charge >= 0.3 is 0 Å². The van der Waals surface area contributed by atoms with Crippen molar-refractivity contribution in [3.8, 4) is 0 Å². The molecule has 0 radical (unpaired) electrons. The minimum atomic E-state index is 0.129. The van der Waals surface area contributed by atoms with Crippen molar-refractivity contribution in [2.45, 2.75) is 20.3 Å². The molecule has 2 rings (SSSR count). The predicted molar refractivity (Wildman–Crippen MR) is 52.1 cm³/mol. The predicted octanol–water partition coefficient (Wildman–Crippen LogP) is 1.17. The van der Waals surface area contributed by atoms with Crippen LogP contribution in [0.1, 0.15) is 18.3 Å². The van der Waals surface area contributed by atoms with E-state index in [0.29, 0.717) is 6.42 Å². The second kappa shape index (κ2) is 3.21. The molecular formula is C10H11N3O. The monoisotopic (exact) mass is 189 g/mol. The van der Waals surface area contributed by atoms with Crippen molar-refractivity contribution in [1.82, 2.24) is 14.4 Å². The van der Waals surface area contributed by atoms with Crippen LogP contribution < -0.4 is 0 Å². The molecule has 0 unspecified atom stereocenters. The molecule has 0 fully saturated rings. The first kappa shape index (κ1) is 8.87. The Hall–Kier alpha value is -1.71. The summed E-state index contributed by atoms with van der Waals surface area (Å²) in [6, 6.07) is 1.83. The van der Waals surface area contributed by atoms with Crippen LogP contribution in [0.3, 0.4) is 0 Å². The molecule has 0 aromatic carbocycles. The van der Waals surface area contributed by atoms with Crippen molar-refractivity contribution < 1.29 is 4.79 Å². The van der Waals surface area contributed by atoms with Gasteiger partial charge in [0.15, 0.2) is 0 Å². The fourth-order valence-electron chi connectivity index (χ4n) is 1.47. The van der Waals surface area contributed by atoms with Crippen LogP contribution in [0.4, 0.5) is 0 Å². The molecular weight excluding hydrogens is 178 g/mol. The number of imidazole rings is 1. The van der Waals surface area contributed by atoms with E-state index in [1.54, 1.807) is 19.4 Å². The van der Waals surface area contributed by atoms with E-state index in [0.717, 1.165) is 17.0 Å². The van der Waals surface area contributed by atoms with Crippen LogP contribution in [0.5, 0.6) is 0 Å². The van der Waals surface area contributed by atoms with Crippen molar-refractivity contribution in [3.63, 3.8) is 0 Å². The van der Waals surface area contributed by atoms with E-state index in [-0.39, 0.29) is 5.78 Å². The highest BCUT2D eigenvalue weighted by molar-refractivity contribution is 5.78. The van der Waals surface area contributed by atoms with E-state index >= 15 is 0 Å². The summed E-state index contributed by atoms with van der Waals surface area (Å²) >= 11 is 0. The summed E-state index contributed by atoms with van der Waals surface area (Å²) in [5.41, 5.74) is 2.67. The van der Waals surface area contributed by atoms with Gasteiger partial charge in [-0.05, 0) is 19.9 Å². The van der Waals surface area contributed by atoms with Crippen LogP contribution in [0, 0.1) is 6.92 Å².